The zero-order valence-corrected chi connectivity index (χ0v) is 20.7. The average Bonchev–Trinajstić information content (AvgIpc) is 3.56. The Hall–Kier alpha value is -2.39. The largest absolute Gasteiger partial charge is 0.489 e. The summed E-state index contributed by atoms with van der Waals surface area (Å²) in [6.07, 6.45) is 5.14. The number of nitrogens with two attached hydrogens (primary N) is 1. The van der Waals surface area contributed by atoms with Crippen LogP contribution >= 0.6 is 0 Å². The van der Waals surface area contributed by atoms with Crippen LogP contribution in [0.3, 0.4) is 0 Å². The maximum atomic E-state index is 13.6. The van der Waals surface area contributed by atoms with Gasteiger partial charge in [0, 0.05) is 44.6 Å². The minimum atomic E-state index is -0.545. The monoisotopic (exact) mass is 473 g/mol. The van der Waals surface area contributed by atoms with Crippen LogP contribution in [0.1, 0.15) is 51.1 Å². The van der Waals surface area contributed by atoms with Gasteiger partial charge >= 0.3 is 0 Å². The van der Waals surface area contributed by atoms with Gasteiger partial charge in [0.25, 0.3) is 0 Å². The summed E-state index contributed by atoms with van der Waals surface area (Å²) in [5, 5.41) is 2.99. The number of nitrogens with one attached hydrogen (secondary N) is 1. The lowest BCUT2D eigenvalue weighted by atomic mass is 9.77. The Balaban J connectivity index is 1.37. The molecule has 4 rings (SSSR count). The second-order valence-corrected chi connectivity index (χ2v) is 10.1. The molecule has 3 aliphatic rings. The lowest BCUT2D eigenvalue weighted by Crippen LogP contribution is -2.57. The number of carbonyl (C=O) groups is 2. The molecule has 1 aromatic rings. The van der Waals surface area contributed by atoms with Crippen LogP contribution in [0.5, 0.6) is 5.75 Å². The number of amides is 2. The Morgan fingerprint density at radius 1 is 1.18 bits per heavy atom. The number of rotatable bonds is 8. The van der Waals surface area contributed by atoms with Crippen LogP contribution in [-0.2, 0) is 14.3 Å². The Morgan fingerprint density at radius 2 is 1.91 bits per heavy atom. The van der Waals surface area contributed by atoms with Gasteiger partial charge in [0.05, 0.1) is 18.0 Å². The Morgan fingerprint density at radius 3 is 2.56 bits per heavy atom. The first kappa shape index (κ1) is 24.7. The number of piperazine rings is 1. The van der Waals surface area contributed by atoms with Crippen molar-refractivity contribution in [2.45, 2.75) is 64.1 Å². The van der Waals surface area contributed by atoms with Gasteiger partial charge in [0.1, 0.15) is 18.2 Å². The summed E-state index contributed by atoms with van der Waals surface area (Å²) < 4.78 is 10.8. The molecule has 2 saturated carbocycles. The van der Waals surface area contributed by atoms with Crippen molar-refractivity contribution in [3.8, 4) is 5.75 Å². The van der Waals surface area contributed by atoms with Gasteiger partial charge in [-0.3, -0.25) is 9.59 Å². The quantitative estimate of drug-likeness (QED) is 0.438. The fraction of sp³-hybridized carbons (Fsp3) is 0.720. The van der Waals surface area contributed by atoms with E-state index in [1.54, 1.807) is 7.11 Å². The van der Waals surface area contributed by atoms with Crippen LogP contribution in [0, 0.1) is 18.8 Å². The van der Waals surface area contributed by atoms with E-state index in [0.29, 0.717) is 32.8 Å². The minimum Gasteiger partial charge on any atom is -0.489 e. The van der Waals surface area contributed by atoms with Crippen molar-refractivity contribution in [1.82, 2.24) is 15.2 Å². The molecule has 2 heterocycles. The van der Waals surface area contributed by atoms with Gasteiger partial charge in [0.2, 0.25) is 11.8 Å². The standard InChI is InChI=1S/C25H39N5O4/c1-17-16-29(22-9-8-21(18(2)27-22)34-15-14-33-3)12-13-30(17)24(32)20-7-5-4-6-19(20)23(31)28-25(26)10-11-25/h8-9,17,19-20H,4-7,10-16,26H2,1-3H3,(H,28,31)/t17-,19-,20-/m1/s1. The zero-order chi connectivity index (χ0) is 24.3. The van der Waals surface area contributed by atoms with Crippen molar-refractivity contribution < 1.29 is 19.1 Å². The maximum Gasteiger partial charge on any atom is 0.226 e. The number of methoxy groups -OCH3 is 1. The highest BCUT2D eigenvalue weighted by Gasteiger charge is 2.45. The van der Waals surface area contributed by atoms with Crippen molar-refractivity contribution in [2.24, 2.45) is 17.6 Å². The number of aryl methyl sites for hydroxylation is 1. The SMILES string of the molecule is COCCOc1ccc(N2CCN(C(=O)[C@@H]3CCCC[C@H]3C(=O)NC3(N)CC3)[C@H](C)C2)nc1C. The molecule has 3 atom stereocenters. The van der Waals surface area contributed by atoms with E-state index in [-0.39, 0.29) is 29.7 Å². The van der Waals surface area contributed by atoms with Crippen molar-refractivity contribution in [3.63, 3.8) is 0 Å². The average molecular weight is 474 g/mol. The number of aromatic nitrogens is 1. The molecule has 0 unspecified atom stereocenters. The van der Waals surface area contributed by atoms with Gasteiger partial charge < -0.3 is 30.3 Å². The summed E-state index contributed by atoms with van der Waals surface area (Å²) in [5.74, 6) is 1.19. The van der Waals surface area contributed by atoms with Crippen molar-refractivity contribution in [3.05, 3.63) is 17.8 Å². The highest BCUT2D eigenvalue weighted by molar-refractivity contribution is 5.88. The third kappa shape index (κ3) is 5.63. The van der Waals surface area contributed by atoms with Crippen LogP contribution in [0.2, 0.25) is 0 Å². The molecule has 9 nitrogen and oxygen atoms in total. The number of pyridine rings is 1. The smallest absolute Gasteiger partial charge is 0.226 e. The van der Waals surface area contributed by atoms with Gasteiger partial charge in [-0.2, -0.15) is 0 Å². The Labute approximate surface area is 202 Å². The highest BCUT2D eigenvalue weighted by Crippen LogP contribution is 2.35. The van der Waals surface area contributed by atoms with Crippen LogP contribution in [0.15, 0.2) is 12.1 Å². The molecule has 0 aromatic carbocycles. The zero-order valence-electron chi connectivity index (χ0n) is 20.7. The highest BCUT2D eigenvalue weighted by atomic mass is 16.5. The maximum absolute atomic E-state index is 13.6. The number of ether oxygens (including phenoxy) is 2. The van der Waals surface area contributed by atoms with E-state index in [4.69, 9.17) is 20.2 Å². The van der Waals surface area contributed by atoms with Crippen molar-refractivity contribution >= 4 is 17.6 Å². The predicted octanol–water partition coefficient (Wildman–Crippen LogP) is 1.82. The first-order valence-electron chi connectivity index (χ1n) is 12.6. The molecule has 0 spiro atoms. The lowest BCUT2D eigenvalue weighted by molar-refractivity contribution is -0.146. The van der Waals surface area contributed by atoms with Crippen molar-refractivity contribution in [2.75, 3.05) is 44.9 Å². The Kier molecular flexibility index (Phi) is 7.62. The van der Waals surface area contributed by atoms with E-state index in [0.717, 1.165) is 55.8 Å². The first-order chi connectivity index (χ1) is 16.3. The van der Waals surface area contributed by atoms with Crippen molar-refractivity contribution in [1.29, 1.82) is 0 Å². The molecule has 2 amide bonds. The van der Waals surface area contributed by atoms with E-state index >= 15 is 0 Å². The summed E-state index contributed by atoms with van der Waals surface area (Å²) in [7, 11) is 1.65. The molecule has 1 saturated heterocycles. The fourth-order valence-corrected chi connectivity index (χ4v) is 5.14. The molecular weight excluding hydrogens is 434 g/mol. The van der Waals surface area contributed by atoms with E-state index in [2.05, 4.69) is 17.1 Å². The molecule has 3 fully saturated rings. The summed E-state index contributed by atoms with van der Waals surface area (Å²) in [5.41, 5.74) is 6.40. The lowest BCUT2D eigenvalue weighted by Gasteiger charge is -2.43. The molecule has 188 valence electrons. The molecule has 34 heavy (non-hydrogen) atoms. The summed E-state index contributed by atoms with van der Waals surface area (Å²) in [6, 6.07) is 3.96. The number of carbonyl (C=O) groups excluding carboxylic acids is 2. The van der Waals surface area contributed by atoms with Gasteiger partial charge in [-0.25, -0.2) is 4.98 Å². The molecule has 1 aliphatic heterocycles. The normalized spacial score (nSPS) is 26.2. The second kappa shape index (κ2) is 10.5. The second-order valence-electron chi connectivity index (χ2n) is 10.1. The van der Waals surface area contributed by atoms with Gasteiger partial charge in [-0.05, 0) is 51.7 Å². The number of anilines is 1. The minimum absolute atomic E-state index is 0.0379. The van der Waals surface area contributed by atoms with Crippen LogP contribution in [0.4, 0.5) is 5.82 Å². The topological polar surface area (TPSA) is 110 Å². The van der Waals surface area contributed by atoms with Crippen LogP contribution < -0.4 is 20.7 Å². The molecule has 2 aliphatic carbocycles. The van der Waals surface area contributed by atoms with Gasteiger partial charge in [0.15, 0.2) is 0 Å². The number of hydrogen-bond donors (Lipinski definition) is 2. The summed E-state index contributed by atoms with van der Waals surface area (Å²) in [4.78, 5) is 35.4. The molecule has 0 radical (unpaired) electrons. The molecule has 0 bridgehead atoms. The third-order valence-corrected chi connectivity index (χ3v) is 7.38. The van der Waals surface area contributed by atoms with E-state index in [9.17, 15) is 9.59 Å². The van der Waals surface area contributed by atoms with Gasteiger partial charge in [-0.1, -0.05) is 12.8 Å². The molecule has 9 heteroatoms. The van der Waals surface area contributed by atoms with Gasteiger partial charge in [-0.15, -0.1) is 0 Å². The summed E-state index contributed by atoms with van der Waals surface area (Å²) >= 11 is 0. The van der Waals surface area contributed by atoms with Crippen LogP contribution in [0.25, 0.3) is 0 Å². The molecule has 3 N–H and O–H groups in total. The number of nitrogens with zero attached hydrogens (tertiary/aromatic N) is 3. The van der Waals surface area contributed by atoms with E-state index in [1.165, 1.54) is 0 Å². The third-order valence-electron chi connectivity index (χ3n) is 7.38. The fourth-order valence-electron chi connectivity index (χ4n) is 5.14. The molecular formula is C25H39N5O4. The van der Waals surface area contributed by atoms with E-state index < -0.39 is 5.66 Å². The van der Waals surface area contributed by atoms with E-state index in [1.807, 2.05) is 24.0 Å². The summed E-state index contributed by atoms with van der Waals surface area (Å²) in [6.45, 7) is 7.08. The predicted molar refractivity (Wildman–Crippen MR) is 129 cm³/mol. The number of hydrogen-bond acceptors (Lipinski definition) is 7. The molecule has 1 aromatic heterocycles. The first-order valence-corrected chi connectivity index (χ1v) is 12.6. The Bertz CT molecular complexity index is 890. The van der Waals surface area contributed by atoms with Crippen LogP contribution in [-0.4, -0.2) is 73.4 Å².